The zero-order chi connectivity index (χ0) is 13.3. The molecule has 0 atom stereocenters. The predicted molar refractivity (Wildman–Crippen MR) is 79.8 cm³/mol. The van der Waals surface area contributed by atoms with Crippen LogP contribution in [0.25, 0.3) is 10.9 Å². The second-order valence-electron chi connectivity index (χ2n) is 5.12. The number of benzene rings is 1. The van der Waals surface area contributed by atoms with Crippen molar-refractivity contribution < 1.29 is 0 Å². The van der Waals surface area contributed by atoms with E-state index in [9.17, 15) is 0 Å². The van der Waals surface area contributed by atoms with E-state index in [0.29, 0.717) is 5.92 Å². The number of aryl methyl sites for hydroxylation is 1. The molecule has 18 heavy (non-hydrogen) atoms. The summed E-state index contributed by atoms with van der Waals surface area (Å²) >= 11 is 6.20. The van der Waals surface area contributed by atoms with Gasteiger partial charge < -0.3 is 10.3 Å². The van der Waals surface area contributed by atoms with E-state index in [4.69, 9.17) is 11.6 Å². The van der Waals surface area contributed by atoms with Crippen LogP contribution in [-0.4, -0.2) is 18.6 Å². The van der Waals surface area contributed by atoms with Crippen LogP contribution in [0, 0.1) is 6.92 Å². The quantitative estimate of drug-likeness (QED) is 0.858. The SMILES string of the molecule is CNCCc1c(C(C)C)[nH]c2c(C)c(Cl)ccc12. The first kappa shape index (κ1) is 13.4. The molecule has 0 unspecified atom stereocenters. The summed E-state index contributed by atoms with van der Waals surface area (Å²) in [5.41, 5.74) is 5.10. The van der Waals surface area contributed by atoms with Crippen LogP contribution < -0.4 is 5.32 Å². The third-order valence-electron chi connectivity index (χ3n) is 3.51. The van der Waals surface area contributed by atoms with Crippen LogP contribution >= 0.6 is 11.6 Å². The van der Waals surface area contributed by atoms with Crippen LogP contribution in [0.5, 0.6) is 0 Å². The molecule has 0 aliphatic carbocycles. The predicted octanol–water partition coefficient (Wildman–Crippen LogP) is 4.02. The number of aromatic amines is 1. The Kier molecular flexibility index (Phi) is 3.98. The van der Waals surface area contributed by atoms with Crippen LogP contribution in [-0.2, 0) is 6.42 Å². The van der Waals surface area contributed by atoms with Gasteiger partial charge in [-0.2, -0.15) is 0 Å². The number of rotatable bonds is 4. The van der Waals surface area contributed by atoms with Crippen molar-refractivity contribution in [3.63, 3.8) is 0 Å². The molecule has 0 bridgehead atoms. The average molecular weight is 265 g/mol. The third-order valence-corrected chi connectivity index (χ3v) is 3.92. The summed E-state index contributed by atoms with van der Waals surface area (Å²) in [6.45, 7) is 7.52. The summed E-state index contributed by atoms with van der Waals surface area (Å²) in [5, 5.41) is 5.37. The molecular weight excluding hydrogens is 244 g/mol. The number of fused-ring (bicyclic) bond motifs is 1. The highest BCUT2D eigenvalue weighted by molar-refractivity contribution is 6.32. The number of halogens is 1. The Morgan fingerprint density at radius 1 is 1.33 bits per heavy atom. The fraction of sp³-hybridized carbons (Fsp3) is 0.467. The van der Waals surface area contributed by atoms with E-state index in [1.807, 2.05) is 13.1 Å². The minimum absolute atomic E-state index is 0.502. The summed E-state index contributed by atoms with van der Waals surface area (Å²) < 4.78 is 0. The summed E-state index contributed by atoms with van der Waals surface area (Å²) in [5.74, 6) is 0.502. The van der Waals surface area contributed by atoms with Crippen LogP contribution in [0.2, 0.25) is 5.02 Å². The third kappa shape index (κ3) is 2.27. The summed E-state index contributed by atoms with van der Waals surface area (Å²) in [6, 6.07) is 4.14. The van der Waals surface area contributed by atoms with Crippen molar-refractivity contribution in [1.82, 2.24) is 10.3 Å². The van der Waals surface area contributed by atoms with Gasteiger partial charge in [0.05, 0.1) is 5.52 Å². The lowest BCUT2D eigenvalue weighted by Crippen LogP contribution is -2.11. The van der Waals surface area contributed by atoms with E-state index in [1.165, 1.54) is 22.2 Å². The Morgan fingerprint density at radius 3 is 2.67 bits per heavy atom. The van der Waals surface area contributed by atoms with Gasteiger partial charge in [0.15, 0.2) is 0 Å². The van der Waals surface area contributed by atoms with Gasteiger partial charge in [-0.05, 0) is 50.0 Å². The van der Waals surface area contributed by atoms with Gasteiger partial charge in [0.2, 0.25) is 0 Å². The van der Waals surface area contributed by atoms with Gasteiger partial charge in [-0.3, -0.25) is 0 Å². The molecule has 0 fully saturated rings. The molecule has 3 heteroatoms. The lowest BCUT2D eigenvalue weighted by Gasteiger charge is -2.07. The number of likely N-dealkylation sites (N-methyl/N-ethyl adjacent to an activating group) is 1. The monoisotopic (exact) mass is 264 g/mol. The smallest absolute Gasteiger partial charge is 0.0503 e. The second-order valence-corrected chi connectivity index (χ2v) is 5.53. The molecule has 2 rings (SSSR count). The van der Waals surface area contributed by atoms with Gasteiger partial charge >= 0.3 is 0 Å². The molecular formula is C15H21ClN2. The van der Waals surface area contributed by atoms with E-state index in [-0.39, 0.29) is 0 Å². The Hall–Kier alpha value is -0.990. The fourth-order valence-electron chi connectivity index (χ4n) is 2.47. The summed E-state index contributed by atoms with van der Waals surface area (Å²) in [6.07, 6.45) is 1.05. The second kappa shape index (κ2) is 5.33. The van der Waals surface area contributed by atoms with Crippen molar-refractivity contribution in [3.05, 3.63) is 34.0 Å². The van der Waals surface area contributed by atoms with Crippen molar-refractivity contribution >= 4 is 22.5 Å². The maximum Gasteiger partial charge on any atom is 0.0503 e. The van der Waals surface area contributed by atoms with Gasteiger partial charge in [0, 0.05) is 16.1 Å². The zero-order valence-electron chi connectivity index (χ0n) is 11.5. The Morgan fingerprint density at radius 2 is 2.06 bits per heavy atom. The van der Waals surface area contributed by atoms with Crippen molar-refractivity contribution in [3.8, 4) is 0 Å². The van der Waals surface area contributed by atoms with Crippen molar-refractivity contribution in [2.75, 3.05) is 13.6 Å². The molecule has 2 nitrogen and oxygen atoms in total. The minimum atomic E-state index is 0.502. The van der Waals surface area contributed by atoms with Gasteiger partial charge in [-0.15, -0.1) is 0 Å². The summed E-state index contributed by atoms with van der Waals surface area (Å²) in [7, 11) is 1.99. The molecule has 1 aromatic carbocycles. The highest BCUT2D eigenvalue weighted by Gasteiger charge is 2.15. The van der Waals surface area contributed by atoms with Crippen molar-refractivity contribution in [2.45, 2.75) is 33.1 Å². The maximum absolute atomic E-state index is 6.20. The van der Waals surface area contributed by atoms with Crippen molar-refractivity contribution in [2.24, 2.45) is 0 Å². The molecule has 0 saturated heterocycles. The topological polar surface area (TPSA) is 27.8 Å². The van der Waals surface area contributed by atoms with E-state index < -0.39 is 0 Å². The largest absolute Gasteiger partial charge is 0.358 e. The summed E-state index contributed by atoms with van der Waals surface area (Å²) in [4.78, 5) is 3.57. The standard InChI is InChI=1S/C15H21ClN2/c1-9(2)14-12(7-8-17-4)11-5-6-13(16)10(3)15(11)18-14/h5-6,9,17-18H,7-8H2,1-4H3. The first-order valence-corrected chi connectivity index (χ1v) is 6.88. The Bertz CT molecular complexity index is 555. The van der Waals surface area contributed by atoms with Crippen LogP contribution in [0.3, 0.4) is 0 Å². The van der Waals surface area contributed by atoms with Gasteiger partial charge in [-0.1, -0.05) is 31.5 Å². The molecule has 2 aromatic rings. The molecule has 0 aliphatic heterocycles. The van der Waals surface area contributed by atoms with E-state index >= 15 is 0 Å². The minimum Gasteiger partial charge on any atom is -0.358 e. The maximum atomic E-state index is 6.20. The molecule has 1 aromatic heterocycles. The van der Waals surface area contributed by atoms with Gasteiger partial charge in [0.25, 0.3) is 0 Å². The number of aromatic nitrogens is 1. The van der Waals surface area contributed by atoms with Crippen LogP contribution in [0.15, 0.2) is 12.1 Å². The first-order valence-electron chi connectivity index (χ1n) is 6.50. The Labute approximate surface area is 114 Å². The molecule has 0 saturated carbocycles. The molecule has 1 heterocycles. The number of nitrogens with one attached hydrogen (secondary N) is 2. The van der Waals surface area contributed by atoms with E-state index in [0.717, 1.165) is 23.6 Å². The lowest BCUT2D eigenvalue weighted by atomic mass is 10.0. The number of hydrogen-bond acceptors (Lipinski definition) is 1. The highest BCUT2D eigenvalue weighted by atomic mass is 35.5. The average Bonchev–Trinajstić information content (AvgIpc) is 2.71. The van der Waals surface area contributed by atoms with Gasteiger partial charge in [0.1, 0.15) is 0 Å². The van der Waals surface area contributed by atoms with Gasteiger partial charge in [-0.25, -0.2) is 0 Å². The normalized spacial score (nSPS) is 11.7. The van der Waals surface area contributed by atoms with E-state index in [2.05, 4.69) is 37.1 Å². The first-order chi connectivity index (χ1) is 8.56. The molecule has 2 N–H and O–H groups in total. The number of H-pyrrole nitrogens is 1. The fourth-order valence-corrected chi connectivity index (χ4v) is 2.62. The Balaban J connectivity index is 2.63. The number of hydrogen-bond donors (Lipinski definition) is 2. The van der Waals surface area contributed by atoms with Crippen LogP contribution in [0.4, 0.5) is 0 Å². The molecule has 98 valence electrons. The zero-order valence-corrected chi connectivity index (χ0v) is 12.3. The highest BCUT2D eigenvalue weighted by Crippen LogP contribution is 2.32. The van der Waals surface area contributed by atoms with Crippen molar-refractivity contribution in [1.29, 1.82) is 0 Å². The molecule has 0 radical (unpaired) electrons. The molecule has 0 aliphatic rings. The molecule has 0 amide bonds. The lowest BCUT2D eigenvalue weighted by molar-refractivity contribution is 0.764. The van der Waals surface area contributed by atoms with E-state index in [1.54, 1.807) is 0 Å². The molecule has 0 spiro atoms. The van der Waals surface area contributed by atoms with Crippen LogP contribution in [0.1, 0.15) is 36.6 Å².